The van der Waals surface area contributed by atoms with Crippen LogP contribution in [0.3, 0.4) is 0 Å². The molecule has 0 fully saturated rings. The third-order valence-corrected chi connectivity index (χ3v) is 3.88. The summed E-state index contributed by atoms with van der Waals surface area (Å²) >= 11 is 0. The fourth-order valence-electron chi connectivity index (χ4n) is 1.40. The lowest BCUT2D eigenvalue weighted by Gasteiger charge is -2.22. The molecular weight excluding hydrogens is 240 g/mol. The normalized spacial score (nSPS) is 12.5. The first-order chi connectivity index (χ1) is 8.59. The van der Waals surface area contributed by atoms with E-state index in [4.69, 9.17) is 0 Å². The second-order valence-corrected chi connectivity index (χ2v) is 6.56. The van der Waals surface area contributed by atoms with Gasteiger partial charge in [-0.15, -0.1) is 0 Å². The van der Waals surface area contributed by atoms with Crippen LogP contribution in [0.25, 0.3) is 0 Å². The summed E-state index contributed by atoms with van der Waals surface area (Å²) in [5.41, 5.74) is -0.534. The number of carbonyl (C=O) groups is 2. The Morgan fingerprint density at radius 3 is 1.74 bits per heavy atom. The zero-order valence-corrected chi connectivity index (χ0v) is 13.4. The Bertz CT molecular complexity index is 279. The lowest BCUT2D eigenvalue weighted by atomic mass is 9.85. The maximum absolute atomic E-state index is 11.3. The van der Waals surface area contributed by atoms with Crippen molar-refractivity contribution < 1.29 is 9.59 Å². The van der Waals surface area contributed by atoms with Gasteiger partial charge in [-0.25, -0.2) is 0 Å². The maximum atomic E-state index is 11.3. The average Bonchev–Trinajstić information content (AvgIpc) is 2.27. The molecule has 0 heterocycles. The van der Waals surface area contributed by atoms with E-state index in [0.717, 1.165) is 26.1 Å². The second-order valence-electron chi connectivity index (χ2n) is 6.56. The first-order valence-corrected chi connectivity index (χ1v) is 7.03. The van der Waals surface area contributed by atoms with Crippen LogP contribution in [0.4, 0.5) is 0 Å². The van der Waals surface area contributed by atoms with Crippen molar-refractivity contribution in [1.29, 1.82) is 0 Å². The Morgan fingerprint density at radius 2 is 1.26 bits per heavy atom. The standard InChI is InChI=1S/C15H30N2O2/c1-12(18)14(3,4)7-8-16-9-10-17-11-15(5,6)13(2)19/h16-17H,7-11H2,1-6H3. The van der Waals surface area contributed by atoms with Crippen molar-refractivity contribution in [2.24, 2.45) is 10.8 Å². The molecule has 0 unspecified atom stereocenters. The summed E-state index contributed by atoms with van der Waals surface area (Å²) in [6, 6.07) is 0. The van der Waals surface area contributed by atoms with Gasteiger partial charge in [-0.3, -0.25) is 9.59 Å². The molecule has 0 radical (unpaired) electrons. The van der Waals surface area contributed by atoms with E-state index in [9.17, 15) is 9.59 Å². The molecule has 0 aliphatic carbocycles. The van der Waals surface area contributed by atoms with Crippen molar-refractivity contribution in [3.8, 4) is 0 Å². The number of hydrogen-bond donors (Lipinski definition) is 2. The third-order valence-electron chi connectivity index (χ3n) is 3.88. The Morgan fingerprint density at radius 1 is 0.789 bits per heavy atom. The fraction of sp³-hybridized carbons (Fsp3) is 0.867. The summed E-state index contributed by atoms with van der Waals surface area (Å²) in [6.45, 7) is 14.3. The highest BCUT2D eigenvalue weighted by Gasteiger charge is 2.23. The monoisotopic (exact) mass is 270 g/mol. The van der Waals surface area contributed by atoms with Crippen LogP contribution in [0.15, 0.2) is 0 Å². The van der Waals surface area contributed by atoms with Gasteiger partial charge in [0.15, 0.2) is 0 Å². The van der Waals surface area contributed by atoms with Crippen molar-refractivity contribution in [2.75, 3.05) is 26.2 Å². The van der Waals surface area contributed by atoms with Crippen LogP contribution in [-0.2, 0) is 9.59 Å². The van der Waals surface area contributed by atoms with Gasteiger partial charge in [-0.1, -0.05) is 27.7 Å². The molecule has 19 heavy (non-hydrogen) atoms. The van der Waals surface area contributed by atoms with E-state index in [0.29, 0.717) is 6.54 Å². The highest BCUT2D eigenvalue weighted by molar-refractivity contribution is 5.81. The number of Topliss-reactive ketones (excluding diaryl/α,β-unsaturated/α-hetero) is 2. The van der Waals surface area contributed by atoms with Crippen molar-refractivity contribution in [1.82, 2.24) is 10.6 Å². The van der Waals surface area contributed by atoms with Gasteiger partial charge in [-0.05, 0) is 26.8 Å². The molecule has 0 aliphatic heterocycles. The molecule has 0 rings (SSSR count). The molecule has 112 valence electrons. The molecule has 0 saturated heterocycles. The van der Waals surface area contributed by atoms with Crippen LogP contribution < -0.4 is 10.6 Å². The summed E-state index contributed by atoms with van der Waals surface area (Å²) in [5.74, 6) is 0.437. The van der Waals surface area contributed by atoms with Crippen LogP contribution in [-0.4, -0.2) is 37.7 Å². The third kappa shape index (κ3) is 7.43. The minimum atomic E-state index is -0.295. The molecule has 0 amide bonds. The maximum Gasteiger partial charge on any atom is 0.136 e. The molecule has 4 heteroatoms. The van der Waals surface area contributed by atoms with Crippen LogP contribution >= 0.6 is 0 Å². The Balaban J connectivity index is 3.63. The smallest absolute Gasteiger partial charge is 0.136 e. The molecule has 4 nitrogen and oxygen atoms in total. The lowest BCUT2D eigenvalue weighted by Crippen LogP contribution is -2.38. The molecule has 0 atom stereocenters. The largest absolute Gasteiger partial charge is 0.315 e. The number of hydrogen-bond acceptors (Lipinski definition) is 4. The minimum Gasteiger partial charge on any atom is -0.315 e. The number of nitrogens with one attached hydrogen (secondary N) is 2. The summed E-state index contributed by atoms with van der Waals surface area (Å²) in [6.07, 6.45) is 0.848. The van der Waals surface area contributed by atoms with Crippen LogP contribution in [0, 0.1) is 10.8 Å². The molecule has 0 aromatic carbocycles. The SMILES string of the molecule is CC(=O)C(C)(C)CCNCCNCC(C)(C)C(C)=O. The van der Waals surface area contributed by atoms with E-state index in [1.807, 2.05) is 27.7 Å². The lowest BCUT2D eigenvalue weighted by molar-refractivity contribution is -0.125. The zero-order chi connectivity index (χ0) is 15.1. The molecule has 0 aliphatic rings. The topological polar surface area (TPSA) is 58.2 Å². The van der Waals surface area contributed by atoms with E-state index < -0.39 is 0 Å². The van der Waals surface area contributed by atoms with E-state index in [1.54, 1.807) is 13.8 Å². The van der Waals surface area contributed by atoms with E-state index in [2.05, 4.69) is 10.6 Å². The molecule has 0 aromatic heterocycles. The van der Waals surface area contributed by atoms with E-state index in [1.165, 1.54) is 0 Å². The van der Waals surface area contributed by atoms with E-state index in [-0.39, 0.29) is 22.4 Å². The van der Waals surface area contributed by atoms with Crippen molar-refractivity contribution in [3.63, 3.8) is 0 Å². The van der Waals surface area contributed by atoms with Gasteiger partial charge >= 0.3 is 0 Å². The van der Waals surface area contributed by atoms with Crippen molar-refractivity contribution in [2.45, 2.75) is 48.0 Å². The number of ketones is 2. The second kappa shape index (κ2) is 7.75. The Hall–Kier alpha value is -0.740. The number of carbonyl (C=O) groups excluding carboxylic acids is 2. The first kappa shape index (κ1) is 18.3. The van der Waals surface area contributed by atoms with Crippen LogP contribution in [0.5, 0.6) is 0 Å². The summed E-state index contributed by atoms with van der Waals surface area (Å²) in [7, 11) is 0. The summed E-state index contributed by atoms with van der Waals surface area (Å²) < 4.78 is 0. The minimum absolute atomic E-state index is 0.205. The predicted molar refractivity (Wildman–Crippen MR) is 79.3 cm³/mol. The van der Waals surface area contributed by atoms with Gasteiger partial charge in [0.05, 0.1) is 0 Å². The van der Waals surface area contributed by atoms with Gasteiger partial charge in [0.1, 0.15) is 11.6 Å². The molecule has 0 spiro atoms. The Kier molecular flexibility index (Phi) is 7.45. The average molecular weight is 270 g/mol. The Labute approximate surface area is 117 Å². The van der Waals surface area contributed by atoms with Crippen LogP contribution in [0.2, 0.25) is 0 Å². The van der Waals surface area contributed by atoms with Crippen LogP contribution in [0.1, 0.15) is 48.0 Å². The van der Waals surface area contributed by atoms with Gasteiger partial charge in [-0.2, -0.15) is 0 Å². The first-order valence-electron chi connectivity index (χ1n) is 7.03. The quantitative estimate of drug-likeness (QED) is 0.594. The molecular formula is C15H30N2O2. The summed E-state index contributed by atoms with van der Waals surface area (Å²) in [5, 5.41) is 6.59. The van der Waals surface area contributed by atoms with E-state index >= 15 is 0 Å². The fourth-order valence-corrected chi connectivity index (χ4v) is 1.40. The van der Waals surface area contributed by atoms with Gasteiger partial charge in [0.2, 0.25) is 0 Å². The highest BCUT2D eigenvalue weighted by Crippen LogP contribution is 2.20. The number of rotatable bonds is 10. The molecule has 2 N–H and O–H groups in total. The van der Waals surface area contributed by atoms with Gasteiger partial charge in [0.25, 0.3) is 0 Å². The van der Waals surface area contributed by atoms with Crippen molar-refractivity contribution >= 4 is 11.6 Å². The molecule has 0 saturated carbocycles. The molecule has 0 aromatic rings. The highest BCUT2D eigenvalue weighted by atomic mass is 16.1. The summed E-state index contributed by atoms with van der Waals surface area (Å²) in [4.78, 5) is 22.7. The van der Waals surface area contributed by atoms with Crippen molar-refractivity contribution in [3.05, 3.63) is 0 Å². The molecule has 0 bridgehead atoms. The van der Waals surface area contributed by atoms with Gasteiger partial charge in [0, 0.05) is 30.5 Å². The predicted octanol–water partition coefficient (Wildman–Crippen LogP) is 1.79. The zero-order valence-electron chi connectivity index (χ0n) is 13.4. The van der Waals surface area contributed by atoms with Gasteiger partial charge < -0.3 is 10.6 Å².